The van der Waals surface area contributed by atoms with E-state index >= 15 is 0 Å². The number of carbonyl (C=O) groups excluding carboxylic acids is 1. The van der Waals surface area contributed by atoms with E-state index in [1.54, 1.807) is 36.4 Å². The van der Waals surface area contributed by atoms with Gasteiger partial charge in [0.05, 0.1) is 23.7 Å². The molecule has 0 fully saturated rings. The average Bonchev–Trinajstić information content (AvgIpc) is 2.53. The number of nitrogens with zero attached hydrogens (tertiary/aromatic N) is 1. The number of hydrogen-bond donors (Lipinski definition) is 0. The molecule has 0 bridgehead atoms. The van der Waals surface area contributed by atoms with Gasteiger partial charge in [-0.15, -0.1) is 0 Å². The number of benzene rings is 2. The Balaban J connectivity index is 2.01. The summed E-state index contributed by atoms with van der Waals surface area (Å²) in [6.45, 7) is 0.253. The highest BCUT2D eigenvalue weighted by Crippen LogP contribution is 2.20. The van der Waals surface area contributed by atoms with E-state index in [2.05, 4.69) is 4.74 Å². The quantitative estimate of drug-likeness (QED) is 0.480. The van der Waals surface area contributed by atoms with E-state index in [1.807, 2.05) is 0 Å². The van der Waals surface area contributed by atoms with Gasteiger partial charge < -0.3 is 9.47 Å². The maximum absolute atomic E-state index is 11.3. The number of ether oxygens (including phenoxy) is 2. The standard InChI is InChI=1S/C15H13NO5/c1-20-15(17)12-7-5-11(6-8-12)10-21-14-4-2-3-13(9-14)16(18)19/h2-9H,10H2,1H3. The third-order valence-corrected chi connectivity index (χ3v) is 2.81. The van der Waals surface area contributed by atoms with Crippen molar-refractivity contribution in [3.8, 4) is 5.75 Å². The van der Waals surface area contributed by atoms with Gasteiger partial charge >= 0.3 is 5.97 Å². The Morgan fingerprint density at radius 2 is 1.90 bits per heavy atom. The lowest BCUT2D eigenvalue weighted by atomic mass is 10.1. The predicted molar refractivity (Wildman–Crippen MR) is 75.2 cm³/mol. The molecule has 0 amide bonds. The number of hydrogen-bond acceptors (Lipinski definition) is 5. The van der Waals surface area contributed by atoms with Crippen LogP contribution in [-0.4, -0.2) is 18.0 Å². The van der Waals surface area contributed by atoms with E-state index in [9.17, 15) is 14.9 Å². The van der Waals surface area contributed by atoms with E-state index < -0.39 is 10.9 Å². The smallest absolute Gasteiger partial charge is 0.337 e. The number of rotatable bonds is 5. The molecule has 0 radical (unpaired) electrons. The van der Waals surface area contributed by atoms with Gasteiger partial charge in [-0.2, -0.15) is 0 Å². The fourth-order valence-corrected chi connectivity index (χ4v) is 1.71. The Kier molecular flexibility index (Phi) is 4.50. The molecule has 0 unspecified atom stereocenters. The second-order valence-electron chi connectivity index (χ2n) is 4.23. The zero-order chi connectivity index (χ0) is 15.2. The van der Waals surface area contributed by atoms with Crippen molar-refractivity contribution >= 4 is 11.7 Å². The molecule has 2 aromatic carbocycles. The zero-order valence-electron chi connectivity index (χ0n) is 11.3. The van der Waals surface area contributed by atoms with Crippen LogP contribution in [0.5, 0.6) is 5.75 Å². The van der Waals surface area contributed by atoms with E-state index in [4.69, 9.17) is 4.74 Å². The lowest BCUT2D eigenvalue weighted by Crippen LogP contribution is -2.02. The third-order valence-electron chi connectivity index (χ3n) is 2.81. The Morgan fingerprint density at radius 1 is 1.19 bits per heavy atom. The first-order valence-electron chi connectivity index (χ1n) is 6.14. The minimum absolute atomic E-state index is 0.0199. The van der Waals surface area contributed by atoms with Crippen LogP contribution in [0, 0.1) is 10.1 Å². The average molecular weight is 287 g/mol. The van der Waals surface area contributed by atoms with Crippen LogP contribution in [0.3, 0.4) is 0 Å². The fourth-order valence-electron chi connectivity index (χ4n) is 1.71. The van der Waals surface area contributed by atoms with Crippen molar-refractivity contribution in [1.82, 2.24) is 0 Å². The molecule has 0 saturated carbocycles. The summed E-state index contributed by atoms with van der Waals surface area (Å²) in [5.74, 6) is 0.0161. The summed E-state index contributed by atoms with van der Waals surface area (Å²) in [4.78, 5) is 21.5. The fraction of sp³-hybridized carbons (Fsp3) is 0.133. The Labute approximate surface area is 121 Å². The van der Waals surface area contributed by atoms with Crippen LogP contribution >= 0.6 is 0 Å². The number of methoxy groups -OCH3 is 1. The largest absolute Gasteiger partial charge is 0.489 e. The maximum Gasteiger partial charge on any atom is 0.337 e. The normalized spacial score (nSPS) is 9.95. The molecule has 2 rings (SSSR count). The second-order valence-corrected chi connectivity index (χ2v) is 4.23. The first kappa shape index (κ1) is 14.5. The Hall–Kier alpha value is -2.89. The van der Waals surface area contributed by atoms with Crippen molar-refractivity contribution in [1.29, 1.82) is 0 Å². The molecule has 0 N–H and O–H groups in total. The molecule has 2 aromatic rings. The predicted octanol–water partition coefficient (Wildman–Crippen LogP) is 2.96. The zero-order valence-corrected chi connectivity index (χ0v) is 11.3. The summed E-state index contributed by atoms with van der Waals surface area (Å²) in [7, 11) is 1.32. The molecule has 0 saturated heterocycles. The molecular weight excluding hydrogens is 274 g/mol. The summed E-state index contributed by atoms with van der Waals surface area (Å²) >= 11 is 0. The Morgan fingerprint density at radius 3 is 2.52 bits per heavy atom. The van der Waals surface area contributed by atoms with Gasteiger partial charge in [0.1, 0.15) is 12.4 Å². The monoisotopic (exact) mass is 287 g/mol. The van der Waals surface area contributed by atoms with Crippen molar-refractivity contribution in [3.63, 3.8) is 0 Å². The Bertz CT molecular complexity index is 651. The number of esters is 1. The number of nitro benzene ring substituents is 1. The number of carbonyl (C=O) groups is 1. The van der Waals surface area contributed by atoms with Crippen LogP contribution in [0.1, 0.15) is 15.9 Å². The van der Waals surface area contributed by atoms with Crippen LogP contribution in [0.25, 0.3) is 0 Å². The van der Waals surface area contributed by atoms with Crippen molar-refractivity contribution in [2.24, 2.45) is 0 Å². The van der Waals surface area contributed by atoms with Crippen LogP contribution in [0.15, 0.2) is 48.5 Å². The molecule has 21 heavy (non-hydrogen) atoms. The molecular formula is C15H13NO5. The van der Waals surface area contributed by atoms with Gasteiger partial charge in [0.25, 0.3) is 5.69 Å². The molecule has 0 aliphatic rings. The first-order valence-corrected chi connectivity index (χ1v) is 6.14. The summed E-state index contributed by atoms with van der Waals surface area (Å²) in [6.07, 6.45) is 0. The van der Waals surface area contributed by atoms with Crippen molar-refractivity contribution in [3.05, 3.63) is 69.8 Å². The van der Waals surface area contributed by atoms with Gasteiger partial charge in [-0.3, -0.25) is 10.1 Å². The van der Waals surface area contributed by atoms with Crippen LogP contribution in [0.2, 0.25) is 0 Å². The first-order chi connectivity index (χ1) is 10.1. The SMILES string of the molecule is COC(=O)c1ccc(COc2cccc([N+](=O)[O-])c2)cc1. The van der Waals surface area contributed by atoms with Crippen molar-refractivity contribution in [2.45, 2.75) is 6.61 Å². The van der Waals surface area contributed by atoms with Crippen LogP contribution < -0.4 is 4.74 Å². The molecule has 6 heteroatoms. The topological polar surface area (TPSA) is 78.7 Å². The van der Waals surface area contributed by atoms with Gasteiger partial charge in [-0.25, -0.2) is 4.79 Å². The van der Waals surface area contributed by atoms with Gasteiger partial charge in [-0.05, 0) is 23.8 Å². The lowest BCUT2D eigenvalue weighted by molar-refractivity contribution is -0.384. The van der Waals surface area contributed by atoms with Gasteiger partial charge in [0, 0.05) is 6.07 Å². The van der Waals surface area contributed by atoms with E-state index in [-0.39, 0.29) is 12.3 Å². The molecule has 0 aliphatic carbocycles. The minimum Gasteiger partial charge on any atom is -0.489 e. The summed E-state index contributed by atoms with van der Waals surface area (Å²) in [5, 5.41) is 10.7. The molecule has 108 valence electrons. The van der Waals surface area contributed by atoms with Crippen LogP contribution in [0.4, 0.5) is 5.69 Å². The summed E-state index contributed by atoms with van der Waals surface area (Å²) in [6, 6.07) is 12.7. The highest BCUT2D eigenvalue weighted by molar-refractivity contribution is 5.89. The maximum atomic E-state index is 11.3. The highest BCUT2D eigenvalue weighted by atomic mass is 16.6. The molecule has 0 heterocycles. The van der Waals surface area contributed by atoms with E-state index in [0.717, 1.165) is 5.56 Å². The van der Waals surface area contributed by atoms with Crippen molar-refractivity contribution < 1.29 is 19.2 Å². The number of non-ortho nitro benzene ring substituents is 1. The van der Waals surface area contributed by atoms with Crippen molar-refractivity contribution in [2.75, 3.05) is 7.11 Å². The van der Waals surface area contributed by atoms with E-state index in [0.29, 0.717) is 11.3 Å². The lowest BCUT2D eigenvalue weighted by Gasteiger charge is -2.06. The molecule has 0 aliphatic heterocycles. The van der Waals surface area contributed by atoms with Crippen LogP contribution in [-0.2, 0) is 11.3 Å². The third kappa shape index (κ3) is 3.79. The van der Waals surface area contributed by atoms with Gasteiger partial charge in [0.2, 0.25) is 0 Å². The molecule has 6 nitrogen and oxygen atoms in total. The van der Waals surface area contributed by atoms with E-state index in [1.165, 1.54) is 19.2 Å². The number of nitro groups is 1. The van der Waals surface area contributed by atoms with Gasteiger partial charge in [-0.1, -0.05) is 18.2 Å². The highest BCUT2D eigenvalue weighted by Gasteiger charge is 2.07. The summed E-state index contributed by atoms with van der Waals surface area (Å²) < 4.78 is 10.1. The molecule has 0 atom stereocenters. The molecule has 0 spiro atoms. The second kappa shape index (κ2) is 6.51. The minimum atomic E-state index is -0.474. The van der Waals surface area contributed by atoms with Gasteiger partial charge in [0.15, 0.2) is 0 Å². The molecule has 0 aromatic heterocycles. The summed E-state index contributed by atoms with van der Waals surface area (Å²) in [5.41, 5.74) is 1.28.